The summed E-state index contributed by atoms with van der Waals surface area (Å²) in [6.45, 7) is 5.81. The zero-order valence-electron chi connectivity index (χ0n) is 19.5. The van der Waals surface area contributed by atoms with E-state index >= 15 is 0 Å². The van der Waals surface area contributed by atoms with Crippen LogP contribution in [0.15, 0.2) is 55.0 Å². The van der Waals surface area contributed by atoms with Gasteiger partial charge in [0.1, 0.15) is 0 Å². The van der Waals surface area contributed by atoms with Crippen LogP contribution in [-0.2, 0) is 0 Å². The first-order valence-electron chi connectivity index (χ1n) is 11.5. The topological polar surface area (TPSA) is 104 Å². The van der Waals surface area contributed by atoms with Crippen molar-refractivity contribution in [2.24, 2.45) is 0 Å². The maximum absolute atomic E-state index is 12.6. The van der Waals surface area contributed by atoms with E-state index in [0.717, 1.165) is 46.6 Å². The SMILES string of the molecule is Cc1cc(-c2cnc3c(NCC(C)(C)O)cc(-c4ccncc4)nn23)ccc1C(=O)NC1CC1. The highest BCUT2D eigenvalue weighted by molar-refractivity contribution is 5.96. The van der Waals surface area contributed by atoms with E-state index in [2.05, 4.69) is 20.6 Å². The highest BCUT2D eigenvalue weighted by Crippen LogP contribution is 2.29. The second kappa shape index (κ2) is 8.53. The highest BCUT2D eigenvalue weighted by atomic mass is 16.3. The number of anilines is 1. The predicted octanol–water partition coefficient (Wildman–Crippen LogP) is 3.84. The molecule has 1 aliphatic carbocycles. The number of amides is 1. The Kier molecular flexibility index (Phi) is 5.53. The number of pyridine rings is 1. The van der Waals surface area contributed by atoms with Gasteiger partial charge in [0.25, 0.3) is 5.91 Å². The monoisotopic (exact) mass is 456 g/mol. The Labute approximate surface area is 198 Å². The molecule has 0 saturated heterocycles. The summed E-state index contributed by atoms with van der Waals surface area (Å²) in [6.07, 6.45) is 7.36. The van der Waals surface area contributed by atoms with E-state index in [0.29, 0.717) is 23.8 Å². The van der Waals surface area contributed by atoms with Gasteiger partial charge in [0.15, 0.2) is 5.65 Å². The summed E-state index contributed by atoms with van der Waals surface area (Å²) in [5.41, 5.74) is 5.53. The molecule has 1 aromatic carbocycles. The second-order valence-corrected chi connectivity index (χ2v) is 9.50. The van der Waals surface area contributed by atoms with Gasteiger partial charge in [0.05, 0.1) is 28.9 Å². The van der Waals surface area contributed by atoms with E-state index in [4.69, 9.17) is 5.10 Å². The van der Waals surface area contributed by atoms with Gasteiger partial charge < -0.3 is 15.7 Å². The fourth-order valence-electron chi connectivity index (χ4n) is 3.84. The number of aryl methyl sites for hydroxylation is 1. The molecule has 3 aromatic heterocycles. The molecule has 34 heavy (non-hydrogen) atoms. The van der Waals surface area contributed by atoms with Crippen LogP contribution in [0.2, 0.25) is 0 Å². The average molecular weight is 457 g/mol. The van der Waals surface area contributed by atoms with Crippen molar-refractivity contribution in [3.63, 3.8) is 0 Å². The summed E-state index contributed by atoms with van der Waals surface area (Å²) in [5.74, 6) is -0.0269. The third-order valence-corrected chi connectivity index (χ3v) is 5.83. The molecule has 0 radical (unpaired) electrons. The van der Waals surface area contributed by atoms with Gasteiger partial charge in [0, 0.05) is 41.7 Å². The lowest BCUT2D eigenvalue weighted by molar-refractivity contribution is 0.0940. The minimum absolute atomic E-state index is 0.0269. The van der Waals surface area contributed by atoms with Gasteiger partial charge in [-0.15, -0.1) is 0 Å². The first-order valence-corrected chi connectivity index (χ1v) is 11.5. The molecule has 1 amide bonds. The van der Waals surface area contributed by atoms with Crippen molar-refractivity contribution >= 4 is 17.2 Å². The number of rotatable bonds is 7. The van der Waals surface area contributed by atoms with Crippen molar-refractivity contribution in [2.75, 3.05) is 11.9 Å². The van der Waals surface area contributed by atoms with Crippen LogP contribution in [0.4, 0.5) is 5.69 Å². The first-order chi connectivity index (χ1) is 16.3. The highest BCUT2D eigenvalue weighted by Gasteiger charge is 2.24. The van der Waals surface area contributed by atoms with Crippen molar-refractivity contribution in [2.45, 2.75) is 45.3 Å². The van der Waals surface area contributed by atoms with E-state index in [9.17, 15) is 9.90 Å². The van der Waals surface area contributed by atoms with Gasteiger partial charge in [0.2, 0.25) is 0 Å². The number of aromatic nitrogens is 4. The number of fused-ring (bicyclic) bond motifs is 1. The fraction of sp³-hybridized carbons (Fsp3) is 0.308. The number of carbonyl (C=O) groups excluding carboxylic acids is 1. The van der Waals surface area contributed by atoms with Crippen molar-refractivity contribution < 1.29 is 9.90 Å². The lowest BCUT2D eigenvalue weighted by atomic mass is 10.0. The summed E-state index contributed by atoms with van der Waals surface area (Å²) < 4.78 is 1.81. The van der Waals surface area contributed by atoms with Crippen molar-refractivity contribution in [1.29, 1.82) is 0 Å². The molecule has 8 heteroatoms. The van der Waals surface area contributed by atoms with Crippen molar-refractivity contribution in [1.82, 2.24) is 24.9 Å². The number of imidazole rings is 1. The Morgan fingerprint density at radius 3 is 2.59 bits per heavy atom. The summed E-state index contributed by atoms with van der Waals surface area (Å²) in [7, 11) is 0. The van der Waals surface area contributed by atoms with Crippen molar-refractivity contribution in [3.8, 4) is 22.5 Å². The quantitative estimate of drug-likeness (QED) is 0.390. The third kappa shape index (κ3) is 4.63. The number of nitrogens with one attached hydrogen (secondary N) is 2. The zero-order valence-corrected chi connectivity index (χ0v) is 19.5. The Hall–Kier alpha value is -3.78. The molecular weight excluding hydrogens is 428 g/mol. The zero-order chi connectivity index (χ0) is 23.9. The number of nitrogens with zero attached hydrogens (tertiary/aromatic N) is 4. The minimum Gasteiger partial charge on any atom is -0.389 e. The molecule has 174 valence electrons. The summed E-state index contributed by atoms with van der Waals surface area (Å²) in [6, 6.07) is 11.9. The van der Waals surface area contributed by atoms with Gasteiger partial charge in [-0.2, -0.15) is 5.10 Å². The molecule has 1 saturated carbocycles. The van der Waals surface area contributed by atoms with Crippen LogP contribution in [0.3, 0.4) is 0 Å². The molecule has 1 fully saturated rings. The molecule has 0 aliphatic heterocycles. The largest absolute Gasteiger partial charge is 0.389 e. The van der Waals surface area contributed by atoms with Crippen LogP contribution >= 0.6 is 0 Å². The number of aliphatic hydroxyl groups is 1. The van der Waals surface area contributed by atoms with E-state index in [1.807, 2.05) is 43.3 Å². The van der Waals surface area contributed by atoms with E-state index < -0.39 is 5.60 Å². The van der Waals surface area contributed by atoms with E-state index in [1.54, 1.807) is 37.0 Å². The molecule has 1 aliphatic rings. The summed E-state index contributed by atoms with van der Waals surface area (Å²) >= 11 is 0. The van der Waals surface area contributed by atoms with E-state index in [-0.39, 0.29) is 5.91 Å². The maximum Gasteiger partial charge on any atom is 0.251 e. The standard InChI is InChI=1S/C26H28N6O2/c1-16-12-18(4-7-20(16)25(33)30-19-5-6-19)23-14-28-24-22(29-15-26(2,3)34)13-21(31-32(23)24)17-8-10-27-11-9-17/h4,7-14,19,29,34H,5-6,15H2,1-3H3,(H,30,33). The van der Waals surface area contributed by atoms with Crippen LogP contribution in [-0.4, -0.2) is 48.8 Å². The Bertz CT molecular complexity index is 1350. The van der Waals surface area contributed by atoms with E-state index in [1.165, 1.54) is 0 Å². The van der Waals surface area contributed by atoms with Gasteiger partial charge in [-0.25, -0.2) is 9.50 Å². The smallest absolute Gasteiger partial charge is 0.251 e. The van der Waals surface area contributed by atoms with Gasteiger partial charge >= 0.3 is 0 Å². The minimum atomic E-state index is -0.888. The maximum atomic E-state index is 12.6. The third-order valence-electron chi connectivity index (χ3n) is 5.83. The van der Waals surface area contributed by atoms with Crippen LogP contribution in [0.5, 0.6) is 0 Å². The number of hydrogen-bond donors (Lipinski definition) is 3. The van der Waals surface area contributed by atoms with Crippen LogP contribution in [0.1, 0.15) is 42.6 Å². The molecule has 0 bridgehead atoms. The molecule has 8 nitrogen and oxygen atoms in total. The number of hydrogen-bond acceptors (Lipinski definition) is 6. The van der Waals surface area contributed by atoms with Gasteiger partial charge in [-0.3, -0.25) is 9.78 Å². The van der Waals surface area contributed by atoms with Crippen LogP contribution < -0.4 is 10.6 Å². The molecule has 3 heterocycles. The average Bonchev–Trinajstić information content (AvgIpc) is 3.52. The lowest BCUT2D eigenvalue weighted by Gasteiger charge is -2.19. The molecule has 5 rings (SSSR count). The Morgan fingerprint density at radius 1 is 1.15 bits per heavy atom. The summed E-state index contributed by atoms with van der Waals surface area (Å²) in [5, 5.41) is 21.5. The predicted molar refractivity (Wildman–Crippen MR) is 132 cm³/mol. The normalized spacial score (nSPS) is 13.8. The van der Waals surface area contributed by atoms with Crippen molar-refractivity contribution in [3.05, 3.63) is 66.1 Å². The van der Waals surface area contributed by atoms with Gasteiger partial charge in [-0.1, -0.05) is 6.07 Å². The van der Waals surface area contributed by atoms with Crippen LogP contribution in [0, 0.1) is 6.92 Å². The van der Waals surface area contributed by atoms with Gasteiger partial charge in [-0.05, 0) is 69.5 Å². The van der Waals surface area contributed by atoms with Crippen LogP contribution in [0.25, 0.3) is 28.2 Å². The second-order valence-electron chi connectivity index (χ2n) is 9.50. The number of carbonyl (C=O) groups is 1. The summed E-state index contributed by atoms with van der Waals surface area (Å²) in [4.78, 5) is 21.3. The molecule has 4 aromatic rings. The Balaban J connectivity index is 1.57. The lowest BCUT2D eigenvalue weighted by Crippen LogP contribution is -2.29. The molecule has 0 unspecified atom stereocenters. The molecule has 3 N–H and O–H groups in total. The molecule has 0 atom stereocenters. The fourth-order valence-corrected chi connectivity index (χ4v) is 3.84. The first kappa shape index (κ1) is 22.0. The molecular formula is C26H28N6O2. The number of benzene rings is 1. The Morgan fingerprint density at radius 2 is 1.91 bits per heavy atom. The molecule has 0 spiro atoms.